The Kier molecular flexibility index (Phi) is 3.94. The third-order valence-corrected chi connectivity index (χ3v) is 4.67. The zero-order chi connectivity index (χ0) is 14.1. The SMILES string of the molecule is O=c1c2cc(Cl)ccc2[nH]c(=S)n1CC1CCCCC1. The van der Waals surface area contributed by atoms with Crippen LogP contribution in [0.1, 0.15) is 32.1 Å². The molecular formula is C15H17ClN2OS. The Hall–Kier alpha value is -1.13. The van der Waals surface area contributed by atoms with Crippen LogP contribution in [0.2, 0.25) is 5.02 Å². The molecule has 0 amide bonds. The van der Waals surface area contributed by atoms with Gasteiger partial charge in [0.25, 0.3) is 5.56 Å². The molecule has 0 bridgehead atoms. The van der Waals surface area contributed by atoms with Crippen molar-refractivity contribution >= 4 is 34.7 Å². The van der Waals surface area contributed by atoms with E-state index in [9.17, 15) is 4.79 Å². The highest BCUT2D eigenvalue weighted by atomic mass is 35.5. The molecule has 5 heteroatoms. The number of nitrogens with zero attached hydrogens (tertiary/aromatic N) is 1. The first-order valence-electron chi connectivity index (χ1n) is 7.07. The Labute approximate surface area is 127 Å². The van der Waals surface area contributed by atoms with Gasteiger partial charge in [-0.1, -0.05) is 30.9 Å². The maximum atomic E-state index is 12.6. The third-order valence-electron chi connectivity index (χ3n) is 4.11. The Morgan fingerprint density at radius 1 is 1.30 bits per heavy atom. The minimum Gasteiger partial charge on any atom is -0.332 e. The number of hydrogen-bond donors (Lipinski definition) is 1. The highest BCUT2D eigenvalue weighted by Crippen LogP contribution is 2.25. The molecule has 1 fully saturated rings. The number of hydrogen-bond acceptors (Lipinski definition) is 2. The second-order valence-corrected chi connectivity index (χ2v) is 6.36. The molecule has 1 heterocycles. The number of fused-ring (bicyclic) bond motifs is 1. The van der Waals surface area contributed by atoms with Gasteiger partial charge in [-0.2, -0.15) is 0 Å². The van der Waals surface area contributed by atoms with Crippen LogP contribution in [-0.2, 0) is 6.54 Å². The molecule has 0 radical (unpaired) electrons. The van der Waals surface area contributed by atoms with Crippen LogP contribution in [0.4, 0.5) is 0 Å². The van der Waals surface area contributed by atoms with Gasteiger partial charge in [-0.3, -0.25) is 9.36 Å². The average Bonchev–Trinajstić information content (AvgIpc) is 2.46. The molecule has 2 aromatic rings. The summed E-state index contributed by atoms with van der Waals surface area (Å²) in [4.78, 5) is 15.7. The molecule has 0 atom stereocenters. The molecule has 0 unspecified atom stereocenters. The molecule has 3 rings (SSSR count). The third kappa shape index (κ3) is 2.67. The molecule has 1 saturated carbocycles. The van der Waals surface area contributed by atoms with Crippen LogP contribution < -0.4 is 5.56 Å². The van der Waals surface area contributed by atoms with Crippen LogP contribution in [0.3, 0.4) is 0 Å². The van der Waals surface area contributed by atoms with Crippen molar-refractivity contribution in [1.82, 2.24) is 9.55 Å². The quantitative estimate of drug-likeness (QED) is 0.840. The van der Waals surface area contributed by atoms with Crippen LogP contribution in [0.15, 0.2) is 23.0 Å². The van der Waals surface area contributed by atoms with Gasteiger partial charge in [-0.05, 0) is 49.2 Å². The van der Waals surface area contributed by atoms with Gasteiger partial charge in [0.2, 0.25) is 0 Å². The zero-order valence-electron chi connectivity index (χ0n) is 11.2. The summed E-state index contributed by atoms with van der Waals surface area (Å²) < 4.78 is 2.21. The maximum absolute atomic E-state index is 12.6. The first-order chi connectivity index (χ1) is 9.65. The van der Waals surface area contributed by atoms with Gasteiger partial charge in [-0.25, -0.2) is 0 Å². The summed E-state index contributed by atoms with van der Waals surface area (Å²) >= 11 is 11.3. The van der Waals surface area contributed by atoms with Gasteiger partial charge in [0.15, 0.2) is 4.77 Å². The molecular weight excluding hydrogens is 292 g/mol. The lowest BCUT2D eigenvalue weighted by Crippen LogP contribution is -2.26. The van der Waals surface area contributed by atoms with E-state index in [0.29, 0.717) is 21.1 Å². The standard InChI is InChI=1S/C15H17ClN2OS/c16-11-6-7-13-12(8-11)14(19)18(15(20)17-13)9-10-4-2-1-3-5-10/h6-8,10H,1-5,9H2,(H,17,20). The smallest absolute Gasteiger partial charge is 0.262 e. The Bertz CT molecular complexity index is 744. The second kappa shape index (κ2) is 5.70. The molecule has 1 N–H and O–H groups in total. The first kappa shape index (κ1) is 13.8. The van der Waals surface area contributed by atoms with E-state index < -0.39 is 0 Å². The van der Waals surface area contributed by atoms with Crippen LogP contribution in [0.5, 0.6) is 0 Å². The molecule has 1 aromatic heterocycles. The highest BCUT2D eigenvalue weighted by Gasteiger charge is 2.16. The number of rotatable bonds is 2. The van der Waals surface area contributed by atoms with E-state index in [4.69, 9.17) is 23.8 Å². The maximum Gasteiger partial charge on any atom is 0.262 e. The van der Waals surface area contributed by atoms with Crippen molar-refractivity contribution in [3.63, 3.8) is 0 Å². The summed E-state index contributed by atoms with van der Waals surface area (Å²) in [6.07, 6.45) is 6.21. The summed E-state index contributed by atoms with van der Waals surface area (Å²) in [5, 5.41) is 1.19. The second-order valence-electron chi connectivity index (χ2n) is 5.54. The van der Waals surface area contributed by atoms with Crippen molar-refractivity contribution in [3.8, 4) is 0 Å². The predicted octanol–water partition coefficient (Wildman–Crippen LogP) is 4.29. The van der Waals surface area contributed by atoms with Gasteiger partial charge in [0.1, 0.15) is 0 Å². The van der Waals surface area contributed by atoms with E-state index in [1.165, 1.54) is 32.1 Å². The molecule has 1 aliphatic carbocycles. The van der Waals surface area contributed by atoms with E-state index in [1.807, 2.05) is 0 Å². The fourth-order valence-corrected chi connectivity index (χ4v) is 3.46. The fraction of sp³-hybridized carbons (Fsp3) is 0.467. The van der Waals surface area contributed by atoms with Crippen molar-refractivity contribution < 1.29 is 0 Å². The number of aromatic amines is 1. The van der Waals surface area contributed by atoms with Crippen molar-refractivity contribution in [2.24, 2.45) is 5.92 Å². The molecule has 1 aromatic carbocycles. The van der Waals surface area contributed by atoms with Gasteiger partial charge >= 0.3 is 0 Å². The van der Waals surface area contributed by atoms with Crippen molar-refractivity contribution in [3.05, 3.63) is 38.3 Å². The van der Waals surface area contributed by atoms with Gasteiger partial charge in [-0.15, -0.1) is 0 Å². The van der Waals surface area contributed by atoms with Crippen LogP contribution in [-0.4, -0.2) is 9.55 Å². The average molecular weight is 309 g/mol. The van der Waals surface area contributed by atoms with Crippen LogP contribution >= 0.6 is 23.8 Å². The van der Waals surface area contributed by atoms with E-state index >= 15 is 0 Å². The minimum atomic E-state index is -0.0307. The van der Waals surface area contributed by atoms with Crippen LogP contribution in [0.25, 0.3) is 10.9 Å². The molecule has 0 spiro atoms. The Morgan fingerprint density at radius 3 is 2.80 bits per heavy atom. The highest BCUT2D eigenvalue weighted by molar-refractivity contribution is 7.71. The van der Waals surface area contributed by atoms with E-state index in [1.54, 1.807) is 22.8 Å². The lowest BCUT2D eigenvalue weighted by atomic mass is 9.89. The zero-order valence-corrected chi connectivity index (χ0v) is 12.8. The number of halogens is 1. The van der Waals surface area contributed by atoms with Gasteiger partial charge in [0, 0.05) is 11.6 Å². The fourth-order valence-electron chi connectivity index (χ4n) is 3.02. The topological polar surface area (TPSA) is 37.8 Å². The molecule has 106 valence electrons. The van der Waals surface area contributed by atoms with E-state index in [0.717, 1.165) is 12.1 Å². The largest absolute Gasteiger partial charge is 0.332 e. The summed E-state index contributed by atoms with van der Waals surface area (Å²) in [7, 11) is 0. The summed E-state index contributed by atoms with van der Waals surface area (Å²) in [5.74, 6) is 0.563. The number of H-pyrrole nitrogens is 1. The normalized spacial score (nSPS) is 16.6. The van der Waals surface area contributed by atoms with Crippen molar-refractivity contribution in [2.45, 2.75) is 38.6 Å². The van der Waals surface area contributed by atoms with Crippen molar-refractivity contribution in [2.75, 3.05) is 0 Å². The summed E-state index contributed by atoms with van der Waals surface area (Å²) in [6.45, 7) is 0.719. The lowest BCUT2D eigenvalue weighted by molar-refractivity contribution is 0.314. The summed E-state index contributed by atoms with van der Waals surface area (Å²) in [6, 6.07) is 5.28. The van der Waals surface area contributed by atoms with E-state index in [-0.39, 0.29) is 5.56 Å². The monoisotopic (exact) mass is 308 g/mol. The molecule has 20 heavy (non-hydrogen) atoms. The molecule has 1 aliphatic rings. The molecule has 0 saturated heterocycles. The van der Waals surface area contributed by atoms with E-state index in [2.05, 4.69) is 4.98 Å². The number of benzene rings is 1. The number of nitrogens with one attached hydrogen (secondary N) is 1. The Balaban J connectivity index is 2.05. The lowest BCUT2D eigenvalue weighted by Gasteiger charge is -2.22. The number of aromatic nitrogens is 2. The van der Waals surface area contributed by atoms with Crippen LogP contribution in [0, 0.1) is 10.7 Å². The summed E-state index contributed by atoms with van der Waals surface area (Å²) in [5.41, 5.74) is 0.723. The van der Waals surface area contributed by atoms with Gasteiger partial charge < -0.3 is 4.98 Å². The van der Waals surface area contributed by atoms with Gasteiger partial charge in [0.05, 0.1) is 10.9 Å². The minimum absolute atomic E-state index is 0.0307. The first-order valence-corrected chi connectivity index (χ1v) is 7.86. The van der Waals surface area contributed by atoms with Crippen molar-refractivity contribution in [1.29, 1.82) is 0 Å². The predicted molar refractivity (Wildman–Crippen MR) is 85.0 cm³/mol. The Morgan fingerprint density at radius 2 is 2.05 bits per heavy atom. The molecule has 0 aliphatic heterocycles. The molecule has 3 nitrogen and oxygen atoms in total.